The van der Waals surface area contributed by atoms with Gasteiger partial charge in [0.05, 0.1) is 0 Å². The molecule has 0 radical (unpaired) electrons. The van der Waals surface area contributed by atoms with Crippen LogP contribution in [0.4, 0.5) is 34.1 Å². The molecule has 0 aliphatic heterocycles. The zero-order valence-electron chi connectivity index (χ0n) is 27.4. The fraction of sp³-hybridized carbons (Fsp3) is 0.136. The third-order valence-electron chi connectivity index (χ3n) is 9.06. The van der Waals surface area contributed by atoms with Crippen molar-refractivity contribution >= 4 is 79.1 Å². The van der Waals surface area contributed by atoms with Crippen molar-refractivity contribution in [3.63, 3.8) is 0 Å². The molecule has 236 valence electrons. The monoisotopic (exact) mass is 690 g/mol. The van der Waals surface area contributed by atoms with Crippen molar-refractivity contribution in [1.82, 2.24) is 0 Å². The summed E-state index contributed by atoms with van der Waals surface area (Å²) in [6, 6.07) is 52.3. The van der Waals surface area contributed by atoms with Gasteiger partial charge in [0.2, 0.25) is 0 Å². The predicted molar refractivity (Wildman–Crippen MR) is 206 cm³/mol. The molecule has 48 heavy (non-hydrogen) atoms. The van der Waals surface area contributed by atoms with E-state index in [1.54, 1.807) is 0 Å². The van der Waals surface area contributed by atoms with Crippen molar-refractivity contribution in [2.24, 2.45) is 0 Å². The van der Waals surface area contributed by atoms with Crippen LogP contribution in [0.1, 0.15) is 37.8 Å². The molecular weight excluding hydrogens is 651 g/mol. The van der Waals surface area contributed by atoms with Gasteiger partial charge in [-0.25, -0.2) is 0 Å². The molecule has 0 saturated heterocycles. The average molecular weight is 690 g/mol. The quantitative estimate of drug-likeness (QED) is 0.133. The number of furan rings is 1. The van der Waals surface area contributed by atoms with Gasteiger partial charge in [-0.3, -0.25) is 0 Å². The molecule has 0 atom stereocenters. The summed E-state index contributed by atoms with van der Waals surface area (Å²) in [5.74, 6) is 0. The van der Waals surface area contributed by atoms with Gasteiger partial charge >= 0.3 is 290 Å². The second-order valence-corrected chi connectivity index (χ2v) is 14.5. The number of benzene rings is 6. The minimum absolute atomic E-state index is 0.0590. The Balaban J connectivity index is 1.35. The Bertz CT molecular complexity index is 2070. The van der Waals surface area contributed by atoms with Gasteiger partial charge in [-0.2, -0.15) is 0 Å². The topological polar surface area (TPSA) is 19.6 Å². The normalized spacial score (nSPS) is 11.5. The van der Waals surface area contributed by atoms with E-state index < -0.39 is 0 Å². The fourth-order valence-electron chi connectivity index (χ4n) is 7.09. The van der Waals surface area contributed by atoms with E-state index in [0.29, 0.717) is 0 Å². The molecule has 0 aliphatic rings. The van der Waals surface area contributed by atoms with E-state index in [1.807, 2.05) is 0 Å². The molecule has 0 saturated carbocycles. The molecule has 8 rings (SSSR count). The first-order valence-corrected chi connectivity index (χ1v) is 18.7. The minimum atomic E-state index is 0.0590. The number of rotatable bonds is 10. The van der Waals surface area contributed by atoms with E-state index in [4.69, 9.17) is 4.42 Å². The molecule has 0 fully saturated rings. The van der Waals surface area contributed by atoms with E-state index >= 15 is 0 Å². The molecular formula is C44H38N2OSe. The number of hydrogen-bond acceptors (Lipinski definition) is 3. The van der Waals surface area contributed by atoms with E-state index in [9.17, 15) is 0 Å². The second-order valence-electron chi connectivity index (χ2n) is 12.3. The van der Waals surface area contributed by atoms with Crippen molar-refractivity contribution in [2.75, 3.05) is 9.80 Å². The molecule has 0 bridgehead atoms. The van der Waals surface area contributed by atoms with Gasteiger partial charge < -0.3 is 0 Å². The first-order valence-electron chi connectivity index (χ1n) is 17.0. The SMILES string of the molecule is CCCc1cc(N(c2ccccc2)c2ccccc2)cc2oc3[se]c4cc(N(c5ccccc5)c5ccccc5)cc(CCC)c4c3c12. The van der Waals surface area contributed by atoms with E-state index in [1.165, 1.54) is 37.2 Å². The van der Waals surface area contributed by atoms with Crippen molar-refractivity contribution in [1.29, 1.82) is 0 Å². The van der Waals surface area contributed by atoms with Crippen LogP contribution >= 0.6 is 0 Å². The van der Waals surface area contributed by atoms with Crippen molar-refractivity contribution in [3.05, 3.63) is 157 Å². The number of anilines is 6. The molecule has 6 aromatic carbocycles. The Morgan fingerprint density at radius 2 is 0.875 bits per heavy atom. The summed E-state index contributed by atoms with van der Waals surface area (Å²) in [4.78, 5) is 4.74. The predicted octanol–water partition coefficient (Wildman–Crippen LogP) is 12.6. The van der Waals surface area contributed by atoms with E-state index in [-0.39, 0.29) is 14.5 Å². The number of aryl methyl sites for hydroxylation is 2. The van der Waals surface area contributed by atoms with Crippen LogP contribution in [0.3, 0.4) is 0 Å². The van der Waals surface area contributed by atoms with E-state index in [2.05, 4.69) is 169 Å². The maximum absolute atomic E-state index is 6.93. The first kappa shape index (κ1) is 30.3. The Hall–Kier alpha value is -5.02. The van der Waals surface area contributed by atoms with Crippen LogP contribution in [0.2, 0.25) is 0 Å². The van der Waals surface area contributed by atoms with Crippen molar-refractivity contribution < 1.29 is 4.42 Å². The van der Waals surface area contributed by atoms with Gasteiger partial charge in [0, 0.05) is 0 Å². The summed E-state index contributed by atoms with van der Waals surface area (Å²) in [7, 11) is 0. The zero-order valence-corrected chi connectivity index (χ0v) is 29.1. The standard InChI is InChI=1S/C44H38N2OSe/c1-3-17-31-27-37(45(33-19-9-5-10-20-33)34-21-11-6-12-22-34)29-39-41(31)43-42-32(18-4-2)28-38(30-40(42)48-44(43)47-39)46(35-23-13-7-14-24-35)36-25-15-8-16-26-36/h5-16,19-30H,3-4,17-18H2,1-2H3. The number of fused-ring (bicyclic) bond motifs is 5. The second kappa shape index (κ2) is 13.2. The summed E-state index contributed by atoms with van der Waals surface area (Å²) >= 11 is 0.0590. The third-order valence-corrected chi connectivity index (χ3v) is 11.2. The molecule has 3 nitrogen and oxygen atoms in total. The molecule has 2 aromatic heterocycles. The van der Waals surface area contributed by atoms with Gasteiger partial charge in [-0.1, -0.05) is 0 Å². The molecule has 0 amide bonds. The van der Waals surface area contributed by atoms with Crippen LogP contribution in [0.5, 0.6) is 0 Å². The van der Waals surface area contributed by atoms with Gasteiger partial charge in [-0.15, -0.1) is 0 Å². The average Bonchev–Trinajstić information content (AvgIpc) is 3.66. The van der Waals surface area contributed by atoms with Crippen LogP contribution in [0, 0.1) is 0 Å². The summed E-state index contributed by atoms with van der Waals surface area (Å²) < 4.78 is 9.49. The van der Waals surface area contributed by atoms with Crippen LogP contribution in [0.15, 0.2) is 150 Å². The summed E-state index contributed by atoms with van der Waals surface area (Å²) in [6.45, 7) is 4.57. The van der Waals surface area contributed by atoms with Gasteiger partial charge in [-0.05, 0) is 0 Å². The first-order chi connectivity index (χ1) is 23.7. The van der Waals surface area contributed by atoms with Gasteiger partial charge in [0.25, 0.3) is 0 Å². The van der Waals surface area contributed by atoms with Gasteiger partial charge in [0.15, 0.2) is 0 Å². The molecule has 8 aromatic rings. The Labute approximate surface area is 288 Å². The maximum atomic E-state index is 6.93. The van der Waals surface area contributed by atoms with Gasteiger partial charge in [0.1, 0.15) is 0 Å². The van der Waals surface area contributed by atoms with Crippen molar-refractivity contribution in [2.45, 2.75) is 39.5 Å². The zero-order chi connectivity index (χ0) is 32.5. The number of hydrogen-bond donors (Lipinski definition) is 0. The van der Waals surface area contributed by atoms with Crippen LogP contribution in [-0.4, -0.2) is 14.5 Å². The number of nitrogens with zero attached hydrogens (tertiary/aromatic N) is 2. The third kappa shape index (κ3) is 5.52. The fourth-order valence-corrected chi connectivity index (χ4v) is 9.51. The Kier molecular flexibility index (Phi) is 8.36. The summed E-state index contributed by atoms with van der Waals surface area (Å²) in [6.07, 6.45) is 4.16. The molecule has 0 unspecified atom stereocenters. The van der Waals surface area contributed by atoms with Crippen LogP contribution in [-0.2, 0) is 12.8 Å². The molecule has 0 aliphatic carbocycles. The molecule has 0 N–H and O–H groups in total. The van der Waals surface area contributed by atoms with Crippen LogP contribution in [0.25, 0.3) is 30.5 Å². The van der Waals surface area contributed by atoms with E-state index in [0.717, 1.165) is 64.2 Å². The number of para-hydroxylation sites is 4. The summed E-state index contributed by atoms with van der Waals surface area (Å²) in [5.41, 5.74) is 10.7. The Morgan fingerprint density at radius 3 is 1.31 bits per heavy atom. The molecule has 4 heteroatoms. The summed E-state index contributed by atoms with van der Waals surface area (Å²) in [5, 5.41) is 4.04. The molecule has 0 spiro atoms. The molecule has 2 heterocycles. The van der Waals surface area contributed by atoms with Crippen LogP contribution < -0.4 is 9.80 Å². The Morgan fingerprint density at radius 1 is 0.458 bits per heavy atom. The van der Waals surface area contributed by atoms with Crippen molar-refractivity contribution in [3.8, 4) is 0 Å².